The quantitative estimate of drug-likeness (QED) is 0.604. The van der Waals surface area contributed by atoms with Gasteiger partial charge in [0.15, 0.2) is 0 Å². The van der Waals surface area contributed by atoms with Crippen LogP contribution in [-0.2, 0) is 22.5 Å². The maximum absolute atomic E-state index is 13.3. The van der Waals surface area contributed by atoms with Gasteiger partial charge in [-0.15, -0.1) is 0 Å². The number of carbonyl (C=O) groups is 2. The van der Waals surface area contributed by atoms with E-state index in [9.17, 15) is 14.7 Å². The molecule has 0 unspecified atom stereocenters. The summed E-state index contributed by atoms with van der Waals surface area (Å²) in [5, 5.41) is 14.4. The molecule has 10 nitrogen and oxygen atoms in total. The average Bonchev–Trinajstić information content (AvgIpc) is 2.92. The molecule has 0 aliphatic carbocycles. The molecule has 0 spiro atoms. The Balaban J connectivity index is 1.02. The lowest BCUT2D eigenvalue weighted by molar-refractivity contribution is -0.150. The summed E-state index contributed by atoms with van der Waals surface area (Å²) in [5.41, 5.74) is 3.05. The van der Waals surface area contributed by atoms with Gasteiger partial charge in [-0.1, -0.05) is 24.3 Å². The van der Waals surface area contributed by atoms with Gasteiger partial charge in [-0.3, -0.25) is 14.5 Å². The van der Waals surface area contributed by atoms with Gasteiger partial charge in [0.2, 0.25) is 5.91 Å². The number of rotatable bonds is 5. The maximum atomic E-state index is 13.3. The summed E-state index contributed by atoms with van der Waals surface area (Å²) in [7, 11) is 0. The number of nitrogens with zero attached hydrogens (tertiary/aromatic N) is 5. The zero-order chi connectivity index (χ0) is 26.1. The molecule has 1 aromatic carbocycles. The van der Waals surface area contributed by atoms with E-state index in [2.05, 4.69) is 44.5 Å². The first-order valence-electron chi connectivity index (χ1n) is 13.8. The number of aliphatic hydroxyl groups excluding tert-OH is 1. The number of aliphatic hydroxyl groups is 1. The van der Waals surface area contributed by atoms with Crippen LogP contribution >= 0.6 is 0 Å². The maximum Gasteiger partial charge on any atom is 0.272 e. The highest BCUT2D eigenvalue weighted by atomic mass is 16.5. The zero-order valence-corrected chi connectivity index (χ0v) is 21.7. The van der Waals surface area contributed by atoms with Crippen LogP contribution in [0.3, 0.4) is 0 Å². The smallest absolute Gasteiger partial charge is 0.272 e. The number of ether oxygens (including phenoxy) is 1. The van der Waals surface area contributed by atoms with Crippen molar-refractivity contribution in [2.45, 2.75) is 50.4 Å². The Morgan fingerprint density at radius 2 is 1.74 bits per heavy atom. The minimum atomic E-state index is -0.600. The van der Waals surface area contributed by atoms with Crippen LogP contribution in [0.5, 0.6) is 0 Å². The van der Waals surface area contributed by atoms with E-state index >= 15 is 0 Å². The minimum absolute atomic E-state index is 0.0232. The van der Waals surface area contributed by atoms with Crippen molar-refractivity contribution in [3.8, 4) is 0 Å². The van der Waals surface area contributed by atoms with Crippen molar-refractivity contribution in [1.82, 2.24) is 24.7 Å². The molecule has 1 aromatic heterocycles. The molecule has 2 amide bonds. The van der Waals surface area contributed by atoms with Crippen molar-refractivity contribution in [2.24, 2.45) is 5.92 Å². The second-order valence-corrected chi connectivity index (χ2v) is 10.9. The molecule has 0 bridgehead atoms. The molecule has 0 saturated carbocycles. The van der Waals surface area contributed by atoms with Crippen molar-refractivity contribution in [3.63, 3.8) is 0 Å². The first-order chi connectivity index (χ1) is 18.5. The van der Waals surface area contributed by atoms with Gasteiger partial charge >= 0.3 is 0 Å². The minimum Gasteiger partial charge on any atom is -0.390 e. The third kappa shape index (κ3) is 5.25. The second-order valence-electron chi connectivity index (χ2n) is 10.9. The molecule has 2 aromatic rings. The number of piperidine rings is 2. The molecule has 0 radical (unpaired) electrons. The summed E-state index contributed by atoms with van der Waals surface area (Å²) in [6.45, 7) is 5.15. The molecule has 2 N–H and O–H groups in total. The van der Waals surface area contributed by atoms with E-state index in [1.54, 1.807) is 11.0 Å². The number of β-amino-alcohol motifs (C(OH)–C–C–N with tert-alkyl or cyclic N) is 1. The first-order valence-corrected chi connectivity index (χ1v) is 13.8. The van der Waals surface area contributed by atoms with Crippen LogP contribution in [0.4, 0.5) is 5.82 Å². The summed E-state index contributed by atoms with van der Waals surface area (Å²) in [6.07, 6.45) is 4.19. The van der Waals surface area contributed by atoms with Crippen LogP contribution in [0.2, 0.25) is 0 Å². The molecule has 6 rings (SSSR count). The van der Waals surface area contributed by atoms with Crippen LogP contribution in [0.1, 0.15) is 40.9 Å². The van der Waals surface area contributed by atoms with E-state index in [-0.39, 0.29) is 29.8 Å². The molecule has 4 aliphatic heterocycles. The Hall–Kier alpha value is -3.08. The lowest BCUT2D eigenvalue weighted by Crippen LogP contribution is -2.56. The number of hydrogen-bond acceptors (Lipinski definition) is 8. The summed E-state index contributed by atoms with van der Waals surface area (Å²) >= 11 is 0. The molecule has 10 heteroatoms. The van der Waals surface area contributed by atoms with Crippen LogP contribution in [-0.4, -0.2) is 106 Å². The Morgan fingerprint density at radius 3 is 2.47 bits per heavy atom. The number of aromatic nitrogens is 2. The van der Waals surface area contributed by atoms with E-state index in [1.807, 2.05) is 4.90 Å². The monoisotopic (exact) mass is 520 g/mol. The second kappa shape index (κ2) is 11.0. The van der Waals surface area contributed by atoms with Gasteiger partial charge in [0.05, 0.1) is 25.2 Å². The Kier molecular flexibility index (Phi) is 7.27. The topological polar surface area (TPSA) is 111 Å². The van der Waals surface area contributed by atoms with Crippen molar-refractivity contribution < 1.29 is 19.4 Å². The number of fused-ring (bicyclic) bond motifs is 1. The van der Waals surface area contributed by atoms with E-state index in [0.717, 1.165) is 38.8 Å². The highest BCUT2D eigenvalue weighted by Crippen LogP contribution is 2.26. The molecular weight excluding hydrogens is 484 g/mol. The normalized spacial score (nSPS) is 25.0. The van der Waals surface area contributed by atoms with Gasteiger partial charge in [-0.2, -0.15) is 0 Å². The predicted molar refractivity (Wildman–Crippen MR) is 140 cm³/mol. The van der Waals surface area contributed by atoms with Crippen LogP contribution in [0.15, 0.2) is 36.7 Å². The number of anilines is 1. The average molecular weight is 521 g/mol. The highest BCUT2D eigenvalue weighted by molar-refractivity contribution is 5.93. The van der Waals surface area contributed by atoms with Crippen molar-refractivity contribution in [1.29, 1.82) is 0 Å². The van der Waals surface area contributed by atoms with Crippen molar-refractivity contribution >= 4 is 17.6 Å². The van der Waals surface area contributed by atoms with Gasteiger partial charge < -0.3 is 25.0 Å². The van der Waals surface area contributed by atoms with Crippen LogP contribution in [0.25, 0.3) is 0 Å². The molecule has 3 saturated heterocycles. The molecular formula is C28H36N6O4. The van der Waals surface area contributed by atoms with E-state index < -0.39 is 6.10 Å². The lowest BCUT2D eigenvalue weighted by Gasteiger charge is -2.43. The van der Waals surface area contributed by atoms with Gasteiger partial charge in [0, 0.05) is 57.4 Å². The number of benzene rings is 1. The number of carbonyl (C=O) groups excluding carboxylic acids is 2. The van der Waals surface area contributed by atoms with E-state index in [1.165, 1.54) is 17.5 Å². The van der Waals surface area contributed by atoms with Crippen molar-refractivity contribution in [2.75, 3.05) is 51.3 Å². The largest absolute Gasteiger partial charge is 0.390 e. The molecule has 2 atom stereocenters. The predicted octanol–water partition coefficient (Wildman–Crippen LogP) is 1.16. The lowest BCUT2D eigenvalue weighted by atomic mass is 9.94. The fraction of sp³-hybridized carbons (Fsp3) is 0.571. The number of amides is 2. The van der Waals surface area contributed by atoms with Crippen molar-refractivity contribution in [3.05, 3.63) is 53.5 Å². The molecule has 5 heterocycles. The molecule has 3 fully saturated rings. The van der Waals surface area contributed by atoms with Gasteiger partial charge in [-0.25, -0.2) is 9.97 Å². The van der Waals surface area contributed by atoms with Gasteiger partial charge in [0.25, 0.3) is 5.91 Å². The zero-order valence-electron chi connectivity index (χ0n) is 21.7. The number of nitrogens with one attached hydrogen (secondary N) is 1. The Morgan fingerprint density at radius 1 is 0.974 bits per heavy atom. The highest BCUT2D eigenvalue weighted by Gasteiger charge is 2.36. The summed E-state index contributed by atoms with van der Waals surface area (Å²) < 4.78 is 5.15. The van der Waals surface area contributed by atoms with Crippen LogP contribution in [0, 0.1) is 5.92 Å². The fourth-order valence-electron chi connectivity index (χ4n) is 6.14. The van der Waals surface area contributed by atoms with E-state index in [4.69, 9.17) is 4.74 Å². The van der Waals surface area contributed by atoms with Crippen LogP contribution < -0.4 is 5.32 Å². The summed E-state index contributed by atoms with van der Waals surface area (Å²) in [6, 6.07) is 10.4. The Labute approximate surface area is 223 Å². The SMILES string of the molecule is O=C(c1cc(NC2CCN(C(=O)C3COC3)CC2)ncn1)N1CC[C@@H](N2CCc3ccccc3C2)[C@H](O)C1. The van der Waals surface area contributed by atoms with Gasteiger partial charge in [0.1, 0.15) is 17.8 Å². The summed E-state index contributed by atoms with van der Waals surface area (Å²) in [5.74, 6) is 0.652. The summed E-state index contributed by atoms with van der Waals surface area (Å²) in [4.78, 5) is 40.3. The first kappa shape index (κ1) is 25.2. The molecule has 202 valence electrons. The standard InChI is InChI=1S/C28H36N6O4/c35-25-15-34(12-8-24(25)33-9-5-19-3-1-2-4-20(19)14-33)28(37)23-13-26(30-18-29-23)31-22-6-10-32(11-7-22)27(36)21-16-38-17-21/h1-4,13,18,21-22,24-25,35H,5-12,14-17H2,(H,29,30,31)/t24-,25-/m1/s1. The number of likely N-dealkylation sites (tertiary alicyclic amines) is 2. The molecule has 38 heavy (non-hydrogen) atoms. The van der Waals surface area contributed by atoms with Gasteiger partial charge in [-0.05, 0) is 36.8 Å². The molecule has 4 aliphatic rings. The third-order valence-corrected chi connectivity index (χ3v) is 8.49. The number of hydrogen-bond donors (Lipinski definition) is 2. The van der Waals surface area contributed by atoms with E-state index in [0.29, 0.717) is 50.9 Å². The Bertz CT molecular complexity index is 1170. The third-order valence-electron chi connectivity index (χ3n) is 8.49. The fourth-order valence-corrected chi connectivity index (χ4v) is 6.14.